The van der Waals surface area contributed by atoms with Crippen LogP contribution >= 0.6 is 23.8 Å². The smallest absolute Gasteiger partial charge is 0.186 e. The molecule has 1 aromatic rings. The number of hydrogen-bond donors (Lipinski definition) is 3. The number of aromatic nitrogens is 1. The third kappa shape index (κ3) is 5.69. The molecule has 23 heavy (non-hydrogen) atoms. The lowest BCUT2D eigenvalue weighted by Crippen LogP contribution is -2.39. The van der Waals surface area contributed by atoms with Crippen molar-refractivity contribution in [2.45, 2.75) is 20.3 Å². The van der Waals surface area contributed by atoms with Crippen molar-refractivity contribution in [1.29, 1.82) is 0 Å². The van der Waals surface area contributed by atoms with E-state index < -0.39 is 0 Å². The molecule has 0 aliphatic carbocycles. The van der Waals surface area contributed by atoms with Crippen molar-refractivity contribution >= 4 is 39.6 Å². The van der Waals surface area contributed by atoms with Crippen molar-refractivity contribution in [3.8, 4) is 0 Å². The molecule has 1 saturated heterocycles. The minimum Gasteiger partial charge on any atom is -0.389 e. The summed E-state index contributed by atoms with van der Waals surface area (Å²) >= 11 is 6.51. The Hall–Kier alpha value is -1.29. The first-order chi connectivity index (χ1) is 11.1. The predicted octanol–water partition coefficient (Wildman–Crippen LogP) is 0.944. The van der Waals surface area contributed by atoms with E-state index in [0.29, 0.717) is 10.1 Å². The number of hydrogen-bond acceptors (Lipinski definition) is 7. The highest BCUT2D eigenvalue weighted by atomic mass is 32.1. The van der Waals surface area contributed by atoms with Gasteiger partial charge in [-0.1, -0.05) is 0 Å². The maximum Gasteiger partial charge on any atom is 0.186 e. The highest BCUT2D eigenvalue weighted by Crippen LogP contribution is 2.21. The normalized spacial score (nSPS) is 16.3. The molecule has 2 heterocycles. The maximum absolute atomic E-state index is 5.90. The van der Waals surface area contributed by atoms with Gasteiger partial charge in [-0.15, -0.1) is 0 Å². The average Bonchev–Trinajstić information content (AvgIpc) is 2.89. The minimum atomic E-state index is 0.519. The van der Waals surface area contributed by atoms with Crippen LogP contribution in [0.5, 0.6) is 0 Å². The number of nitrogens with two attached hydrogens (primary N) is 1. The highest BCUT2D eigenvalue weighted by molar-refractivity contribution is 7.80. The minimum absolute atomic E-state index is 0.519. The molecule has 1 aromatic heterocycles. The number of ether oxygens (including phenoxy) is 1. The first-order valence-corrected chi connectivity index (χ1v) is 8.86. The van der Waals surface area contributed by atoms with E-state index in [1.807, 2.05) is 13.8 Å². The molecular weight excluding hydrogens is 332 g/mol. The van der Waals surface area contributed by atoms with E-state index >= 15 is 0 Å². The lowest BCUT2D eigenvalue weighted by molar-refractivity contribution is 0.0376. The van der Waals surface area contributed by atoms with Gasteiger partial charge in [0, 0.05) is 19.6 Å². The SMILES string of the molecule is C/C(=N/NC(=S)NCCCN1CCOCC1)c1c(C)nsc1N. The predicted molar refractivity (Wildman–Crippen MR) is 99.1 cm³/mol. The van der Waals surface area contributed by atoms with Crippen LogP contribution in [0.4, 0.5) is 5.00 Å². The number of nitrogens with one attached hydrogen (secondary N) is 2. The summed E-state index contributed by atoms with van der Waals surface area (Å²) in [7, 11) is 0. The molecule has 1 aliphatic rings. The molecule has 2 rings (SSSR count). The summed E-state index contributed by atoms with van der Waals surface area (Å²) in [6, 6.07) is 0. The van der Waals surface area contributed by atoms with Crippen LogP contribution in [0, 0.1) is 6.92 Å². The number of aryl methyl sites for hydroxylation is 1. The topological polar surface area (TPSA) is 87.8 Å². The number of hydrazone groups is 1. The maximum atomic E-state index is 5.90. The molecule has 0 atom stereocenters. The lowest BCUT2D eigenvalue weighted by Gasteiger charge is -2.26. The molecule has 0 spiro atoms. The first kappa shape index (κ1) is 18.1. The Bertz CT molecular complexity index is 534. The van der Waals surface area contributed by atoms with Gasteiger partial charge >= 0.3 is 0 Å². The van der Waals surface area contributed by atoms with Gasteiger partial charge in [0.25, 0.3) is 0 Å². The number of anilines is 1. The molecule has 128 valence electrons. The van der Waals surface area contributed by atoms with Gasteiger partial charge in [0.05, 0.1) is 30.2 Å². The second kappa shape index (κ2) is 9.11. The van der Waals surface area contributed by atoms with Gasteiger partial charge in [-0.2, -0.15) is 9.47 Å². The Labute approximate surface area is 146 Å². The van der Waals surface area contributed by atoms with Crippen molar-refractivity contribution in [3.05, 3.63) is 11.3 Å². The third-order valence-corrected chi connectivity index (χ3v) is 4.62. The summed E-state index contributed by atoms with van der Waals surface area (Å²) in [5, 5.41) is 8.64. The zero-order chi connectivity index (χ0) is 16.7. The molecule has 4 N–H and O–H groups in total. The van der Waals surface area contributed by atoms with Gasteiger partial charge in [0.2, 0.25) is 0 Å². The molecule has 0 aromatic carbocycles. The summed E-state index contributed by atoms with van der Waals surface area (Å²) in [5.41, 5.74) is 11.3. The summed E-state index contributed by atoms with van der Waals surface area (Å²) in [6.45, 7) is 9.38. The molecule has 0 unspecified atom stereocenters. The van der Waals surface area contributed by atoms with Crippen LogP contribution in [0.2, 0.25) is 0 Å². The molecule has 7 nitrogen and oxygen atoms in total. The summed E-state index contributed by atoms with van der Waals surface area (Å²) in [4.78, 5) is 2.40. The van der Waals surface area contributed by atoms with Gasteiger partial charge in [-0.05, 0) is 50.6 Å². The second-order valence-electron chi connectivity index (χ2n) is 5.38. The zero-order valence-corrected chi connectivity index (χ0v) is 15.2. The molecular formula is C14H24N6OS2. The molecule has 0 bridgehead atoms. The highest BCUT2D eigenvalue weighted by Gasteiger charge is 2.11. The van der Waals surface area contributed by atoms with Crippen molar-refractivity contribution in [2.24, 2.45) is 5.10 Å². The average molecular weight is 357 g/mol. The van der Waals surface area contributed by atoms with Crippen molar-refractivity contribution in [3.63, 3.8) is 0 Å². The Morgan fingerprint density at radius 1 is 1.48 bits per heavy atom. The number of rotatable bonds is 6. The van der Waals surface area contributed by atoms with E-state index in [0.717, 1.165) is 62.8 Å². The number of nitrogen functional groups attached to an aromatic ring is 1. The Kier molecular flexibility index (Phi) is 7.15. The molecule has 9 heteroatoms. The molecule has 1 fully saturated rings. The van der Waals surface area contributed by atoms with E-state index in [2.05, 4.69) is 25.1 Å². The number of thiocarbonyl (C=S) groups is 1. The third-order valence-electron chi connectivity index (χ3n) is 3.62. The molecule has 0 amide bonds. The lowest BCUT2D eigenvalue weighted by atomic mass is 10.2. The fraction of sp³-hybridized carbons (Fsp3) is 0.643. The fourth-order valence-corrected chi connectivity index (χ4v) is 3.25. The van der Waals surface area contributed by atoms with E-state index in [9.17, 15) is 0 Å². The van der Waals surface area contributed by atoms with Crippen LogP contribution in [0.25, 0.3) is 0 Å². The van der Waals surface area contributed by atoms with Gasteiger partial charge < -0.3 is 15.8 Å². The first-order valence-electron chi connectivity index (χ1n) is 7.68. The second-order valence-corrected chi connectivity index (χ2v) is 6.59. The van der Waals surface area contributed by atoms with Gasteiger partial charge in [0.1, 0.15) is 5.00 Å². The van der Waals surface area contributed by atoms with E-state index in [1.165, 1.54) is 11.5 Å². The van der Waals surface area contributed by atoms with Crippen molar-refractivity contribution < 1.29 is 4.74 Å². The molecule has 0 radical (unpaired) electrons. The van der Waals surface area contributed by atoms with Crippen LogP contribution in [-0.4, -0.2) is 59.5 Å². The van der Waals surface area contributed by atoms with Crippen LogP contribution in [0.15, 0.2) is 5.10 Å². The summed E-state index contributed by atoms with van der Waals surface area (Å²) in [6.07, 6.45) is 1.03. The van der Waals surface area contributed by atoms with E-state index in [-0.39, 0.29) is 0 Å². The van der Waals surface area contributed by atoms with Crippen LogP contribution in [0.1, 0.15) is 24.6 Å². The zero-order valence-electron chi connectivity index (χ0n) is 13.6. The number of morpholine rings is 1. The van der Waals surface area contributed by atoms with Gasteiger partial charge in [-0.3, -0.25) is 10.3 Å². The van der Waals surface area contributed by atoms with Gasteiger partial charge in [-0.25, -0.2) is 0 Å². The summed E-state index contributed by atoms with van der Waals surface area (Å²) < 4.78 is 9.55. The Morgan fingerprint density at radius 2 is 2.22 bits per heavy atom. The van der Waals surface area contributed by atoms with E-state index in [1.54, 1.807) is 0 Å². The van der Waals surface area contributed by atoms with E-state index in [4.69, 9.17) is 22.7 Å². The van der Waals surface area contributed by atoms with Crippen molar-refractivity contribution in [1.82, 2.24) is 20.0 Å². The fourth-order valence-electron chi connectivity index (χ4n) is 2.39. The largest absolute Gasteiger partial charge is 0.389 e. The van der Waals surface area contributed by atoms with Crippen LogP contribution in [-0.2, 0) is 4.74 Å². The van der Waals surface area contributed by atoms with Crippen LogP contribution in [0.3, 0.4) is 0 Å². The monoisotopic (exact) mass is 356 g/mol. The Balaban J connectivity index is 1.67. The van der Waals surface area contributed by atoms with Gasteiger partial charge in [0.15, 0.2) is 5.11 Å². The number of nitrogens with zero attached hydrogens (tertiary/aromatic N) is 3. The quantitative estimate of drug-likeness (QED) is 0.303. The standard InChI is InChI=1S/C14H24N6OS2/c1-10(12-11(2)19-23-13(12)15)17-18-14(22)16-4-3-5-20-6-8-21-9-7-20/h3-9,15H2,1-2H3,(H2,16,18,22)/b17-10-. The Morgan fingerprint density at radius 3 is 2.87 bits per heavy atom. The molecule has 1 aliphatic heterocycles. The van der Waals surface area contributed by atoms with Crippen molar-refractivity contribution in [2.75, 3.05) is 45.1 Å². The molecule has 0 saturated carbocycles. The van der Waals surface area contributed by atoms with Crippen LogP contribution < -0.4 is 16.5 Å². The summed E-state index contributed by atoms with van der Waals surface area (Å²) in [5.74, 6) is 0.